The van der Waals surface area contributed by atoms with Crippen molar-refractivity contribution in [1.82, 2.24) is 15.2 Å². The molecule has 0 spiro atoms. The van der Waals surface area contributed by atoms with Crippen molar-refractivity contribution in [2.75, 3.05) is 26.7 Å². The number of hydrazone groups is 1. The molecule has 1 heterocycles. The van der Waals surface area contributed by atoms with E-state index in [1.807, 2.05) is 58.1 Å². The number of nitrogens with one attached hydrogen (secondary N) is 1. The Balaban J connectivity index is 0.000000933. The molecule has 1 N–H and O–H groups in total. The summed E-state index contributed by atoms with van der Waals surface area (Å²) in [5, 5.41) is 21.2. The Morgan fingerprint density at radius 1 is 1.17 bits per heavy atom. The van der Waals surface area contributed by atoms with Crippen LogP contribution < -0.4 is 40.0 Å². The number of carbonyl (C=O) groups is 2. The smallest absolute Gasteiger partial charge is 0.545 e. The first kappa shape index (κ1) is 36.5. The van der Waals surface area contributed by atoms with Crippen LogP contribution in [-0.4, -0.2) is 66.4 Å². The van der Waals surface area contributed by atoms with E-state index in [0.29, 0.717) is 25.0 Å². The Hall–Kier alpha value is -2.49. The largest absolute Gasteiger partial charge is 1.00 e. The van der Waals surface area contributed by atoms with Crippen LogP contribution in [0.3, 0.4) is 0 Å². The number of carbonyl (C=O) groups excluding carboxylic acids is 2. The molecule has 9 heteroatoms. The maximum Gasteiger partial charge on any atom is 1.00 e. The van der Waals surface area contributed by atoms with Crippen LogP contribution in [0.1, 0.15) is 74.5 Å². The number of nitrogens with zero attached hydrogens (tertiary/aromatic N) is 3. The number of benzene rings is 2. The molecule has 0 aromatic heterocycles. The van der Waals surface area contributed by atoms with Gasteiger partial charge in [0, 0.05) is 37.5 Å². The average Bonchev–Trinajstić information content (AvgIpc) is 2.93. The number of carboxylic acid groups (broad SMARTS) is 1. The fourth-order valence-corrected chi connectivity index (χ4v) is 4.58. The van der Waals surface area contributed by atoms with Crippen molar-refractivity contribution < 1.29 is 49.0 Å². The zero-order valence-corrected chi connectivity index (χ0v) is 27.6. The number of rotatable bonds is 12. The van der Waals surface area contributed by atoms with Gasteiger partial charge >= 0.3 is 29.6 Å². The third kappa shape index (κ3) is 13.8. The van der Waals surface area contributed by atoms with Crippen LogP contribution >= 0.6 is 0 Å². The fourth-order valence-electron chi connectivity index (χ4n) is 4.58. The minimum atomic E-state index is -1.15. The van der Waals surface area contributed by atoms with Crippen molar-refractivity contribution in [1.29, 1.82) is 0 Å². The first-order chi connectivity index (χ1) is 19.1. The average molecular weight is 573 g/mol. The maximum atomic E-state index is 10.9. The summed E-state index contributed by atoms with van der Waals surface area (Å²) in [6, 6.07) is 18.1. The zero-order valence-electron chi connectivity index (χ0n) is 25.6. The Bertz CT molecular complexity index is 1080. The minimum absolute atomic E-state index is 0. The number of ether oxygens (including phenoxy) is 1. The molecule has 0 radical (unpaired) electrons. The van der Waals surface area contributed by atoms with Crippen molar-refractivity contribution in [2.45, 2.75) is 71.1 Å². The molecule has 0 amide bonds. The first-order valence-corrected chi connectivity index (χ1v) is 13.9. The van der Waals surface area contributed by atoms with Crippen molar-refractivity contribution in [3.8, 4) is 0 Å². The van der Waals surface area contributed by atoms with Gasteiger partial charge in [0.1, 0.15) is 5.60 Å². The molecule has 3 rings (SSSR count). The molecule has 1 fully saturated rings. The van der Waals surface area contributed by atoms with E-state index in [1.54, 1.807) is 12.1 Å². The van der Waals surface area contributed by atoms with Crippen LogP contribution in [0.2, 0.25) is 0 Å². The molecule has 8 nitrogen and oxygen atoms in total. The third-order valence-corrected chi connectivity index (χ3v) is 6.74. The molecule has 1 aliphatic heterocycles. The van der Waals surface area contributed by atoms with Gasteiger partial charge in [0.15, 0.2) is 0 Å². The second-order valence-electron chi connectivity index (χ2n) is 11.0. The van der Waals surface area contributed by atoms with E-state index in [0.717, 1.165) is 50.2 Å². The Morgan fingerprint density at radius 3 is 2.24 bits per heavy atom. The van der Waals surface area contributed by atoms with Crippen LogP contribution in [0.25, 0.3) is 0 Å². The summed E-state index contributed by atoms with van der Waals surface area (Å²) in [5.41, 5.74) is 3.21. The summed E-state index contributed by atoms with van der Waals surface area (Å²) in [7, 11) is 2.03. The van der Waals surface area contributed by atoms with E-state index in [9.17, 15) is 14.7 Å². The zero-order chi connectivity index (χ0) is 29.5. The topological polar surface area (TPSA) is 97.3 Å². The van der Waals surface area contributed by atoms with E-state index in [1.165, 1.54) is 5.56 Å². The normalized spacial score (nSPS) is 15.0. The molecule has 1 saturated heterocycles. The number of carboxylic acids is 1. The van der Waals surface area contributed by atoms with Crippen LogP contribution in [0.15, 0.2) is 72.5 Å². The van der Waals surface area contributed by atoms with Gasteiger partial charge in [0.25, 0.3) is 6.47 Å². The molecule has 0 bridgehead atoms. The van der Waals surface area contributed by atoms with Crippen LogP contribution in [0.5, 0.6) is 0 Å². The summed E-state index contributed by atoms with van der Waals surface area (Å²) in [6.07, 6.45) is 5.68. The monoisotopic (exact) mass is 572 g/mol. The van der Waals surface area contributed by atoms with E-state index >= 15 is 0 Å². The Morgan fingerprint density at radius 2 is 1.78 bits per heavy atom. The summed E-state index contributed by atoms with van der Waals surface area (Å²) in [4.78, 5) is 23.1. The van der Waals surface area contributed by atoms with Crippen molar-refractivity contribution in [2.24, 2.45) is 5.10 Å². The van der Waals surface area contributed by atoms with Gasteiger partial charge in [-0.1, -0.05) is 61.2 Å². The van der Waals surface area contributed by atoms with Gasteiger partial charge in [-0.25, -0.2) is 0 Å². The predicted octanol–water partition coefficient (Wildman–Crippen LogP) is 1.19. The number of hydrogen-bond acceptors (Lipinski definition) is 8. The predicted molar refractivity (Wildman–Crippen MR) is 159 cm³/mol. The molecule has 2 aromatic carbocycles. The summed E-state index contributed by atoms with van der Waals surface area (Å²) < 4.78 is 4.55. The third-order valence-electron chi connectivity index (χ3n) is 6.74. The SMILES string of the molecule is C=CN(/N=C(\C)Cc1ccc(C(=O)[O-])cc1)C1CCN(CCC(NC)c2ccccc2)CC1.CC(C)(C)OC=O.[Na+]. The summed E-state index contributed by atoms with van der Waals surface area (Å²) >= 11 is 0. The molecule has 218 valence electrons. The van der Waals surface area contributed by atoms with Crippen LogP contribution in [0.4, 0.5) is 0 Å². The van der Waals surface area contributed by atoms with E-state index in [-0.39, 0.29) is 40.7 Å². The molecule has 41 heavy (non-hydrogen) atoms. The molecule has 0 saturated carbocycles. The van der Waals surface area contributed by atoms with Crippen LogP contribution in [0, 0.1) is 0 Å². The van der Waals surface area contributed by atoms with Crippen molar-refractivity contribution in [3.05, 3.63) is 84.1 Å². The van der Waals surface area contributed by atoms with Gasteiger partial charge in [-0.2, -0.15) is 5.10 Å². The Kier molecular flexibility index (Phi) is 16.8. The quantitative estimate of drug-likeness (QED) is 0.177. The number of hydrogen-bond donors (Lipinski definition) is 1. The molecule has 1 unspecified atom stereocenters. The number of likely N-dealkylation sites (tertiary alicyclic amines) is 1. The molecular weight excluding hydrogens is 527 g/mol. The van der Waals surface area contributed by atoms with E-state index < -0.39 is 5.97 Å². The first-order valence-electron chi connectivity index (χ1n) is 13.9. The fraction of sp³-hybridized carbons (Fsp3) is 0.469. The maximum absolute atomic E-state index is 10.9. The summed E-state index contributed by atoms with van der Waals surface area (Å²) in [5.74, 6) is -1.15. The van der Waals surface area contributed by atoms with Gasteiger partial charge in [-0.05, 0) is 77.2 Å². The summed E-state index contributed by atoms with van der Waals surface area (Å²) in [6.45, 7) is 15.1. The van der Waals surface area contributed by atoms with Crippen LogP contribution in [-0.2, 0) is 16.0 Å². The molecule has 0 aliphatic carbocycles. The van der Waals surface area contributed by atoms with Gasteiger partial charge in [0.2, 0.25) is 0 Å². The molecule has 1 aliphatic rings. The minimum Gasteiger partial charge on any atom is -0.545 e. The number of piperidine rings is 1. The second-order valence-corrected chi connectivity index (χ2v) is 11.0. The van der Waals surface area contributed by atoms with Crippen molar-refractivity contribution in [3.63, 3.8) is 0 Å². The second kappa shape index (κ2) is 18.8. The van der Waals surface area contributed by atoms with Crippen molar-refractivity contribution >= 4 is 18.2 Å². The molecule has 2 aromatic rings. The van der Waals surface area contributed by atoms with E-state index in [4.69, 9.17) is 5.10 Å². The number of aromatic carboxylic acids is 1. The standard InChI is InChI=1S/C27H36N4O2.C5H10O2.Na/c1-4-31(29-21(2)20-22-10-12-24(13-11-22)27(32)33)25-14-17-30(18-15-25)19-16-26(28-3)23-8-6-5-7-9-23;1-5(2,3)7-4-6;/h4-13,25-26,28H,1,14-20H2,2-3H3,(H,32,33);4H,1-3H3;/q;;+1/p-1/b29-21+;;. The van der Waals surface area contributed by atoms with Gasteiger partial charge in [-0.3, -0.25) is 9.80 Å². The molecular formula is C32H45N4NaO4. The van der Waals surface area contributed by atoms with Gasteiger partial charge in [0.05, 0.1) is 12.0 Å². The molecule has 1 atom stereocenters. The van der Waals surface area contributed by atoms with Gasteiger partial charge < -0.3 is 24.9 Å². The Labute approximate surface area is 268 Å². The van der Waals surface area contributed by atoms with E-state index in [2.05, 4.69) is 51.9 Å². The van der Waals surface area contributed by atoms with Gasteiger partial charge in [-0.15, -0.1) is 0 Å².